The molecular formula is C13H23N3OS. The molecule has 1 N–H and O–H groups in total. The monoisotopic (exact) mass is 269 g/mol. The zero-order valence-electron chi connectivity index (χ0n) is 11.3. The molecule has 0 saturated carbocycles. The van der Waals surface area contributed by atoms with E-state index < -0.39 is 0 Å². The molecule has 2 heterocycles. The van der Waals surface area contributed by atoms with E-state index in [1.165, 1.54) is 18.5 Å². The van der Waals surface area contributed by atoms with Crippen LogP contribution in [0.15, 0.2) is 10.9 Å². The van der Waals surface area contributed by atoms with Gasteiger partial charge < -0.3 is 10.1 Å². The summed E-state index contributed by atoms with van der Waals surface area (Å²) in [6.45, 7) is 6.23. The predicted molar refractivity (Wildman–Crippen MR) is 75.0 cm³/mol. The summed E-state index contributed by atoms with van der Waals surface area (Å²) in [5.74, 6) is 0. The highest BCUT2D eigenvalue weighted by Gasteiger charge is 2.22. The number of nitrogens with zero attached hydrogens (tertiary/aromatic N) is 2. The van der Waals surface area contributed by atoms with Gasteiger partial charge in [0.1, 0.15) is 0 Å². The Bertz CT molecular complexity index is 325. The Balaban J connectivity index is 1.94. The van der Waals surface area contributed by atoms with Crippen LogP contribution in [-0.4, -0.2) is 49.3 Å². The Labute approximate surface area is 113 Å². The van der Waals surface area contributed by atoms with E-state index in [1.807, 2.05) is 5.51 Å². The number of hydrogen-bond acceptors (Lipinski definition) is 5. The number of methoxy groups -OCH3 is 1. The van der Waals surface area contributed by atoms with Crippen LogP contribution < -0.4 is 5.32 Å². The zero-order valence-corrected chi connectivity index (χ0v) is 12.1. The Morgan fingerprint density at radius 3 is 3.17 bits per heavy atom. The van der Waals surface area contributed by atoms with E-state index in [0.717, 1.165) is 26.2 Å². The van der Waals surface area contributed by atoms with Crippen molar-refractivity contribution in [1.82, 2.24) is 15.2 Å². The number of ether oxygens (including phenoxy) is 1. The van der Waals surface area contributed by atoms with E-state index in [9.17, 15) is 0 Å². The van der Waals surface area contributed by atoms with Crippen LogP contribution in [0.3, 0.4) is 0 Å². The van der Waals surface area contributed by atoms with Crippen molar-refractivity contribution in [2.24, 2.45) is 0 Å². The highest BCUT2D eigenvalue weighted by molar-refractivity contribution is 7.07. The van der Waals surface area contributed by atoms with Gasteiger partial charge >= 0.3 is 0 Å². The number of thiazole rings is 1. The van der Waals surface area contributed by atoms with Gasteiger partial charge in [-0.1, -0.05) is 0 Å². The fraction of sp³-hybridized carbons (Fsp3) is 0.769. The summed E-state index contributed by atoms with van der Waals surface area (Å²) in [6, 6.07) is 0.997. The first-order valence-electron chi connectivity index (χ1n) is 6.65. The molecule has 0 aromatic carbocycles. The Morgan fingerprint density at radius 1 is 1.67 bits per heavy atom. The van der Waals surface area contributed by atoms with Gasteiger partial charge in [0.15, 0.2) is 0 Å². The van der Waals surface area contributed by atoms with Crippen molar-refractivity contribution >= 4 is 11.3 Å². The molecule has 1 fully saturated rings. The normalized spacial score (nSPS) is 21.6. The second kappa shape index (κ2) is 7.19. The number of nitrogens with one attached hydrogen (secondary N) is 1. The van der Waals surface area contributed by atoms with E-state index >= 15 is 0 Å². The summed E-state index contributed by atoms with van der Waals surface area (Å²) in [4.78, 5) is 6.91. The van der Waals surface area contributed by atoms with Crippen molar-refractivity contribution in [2.75, 3.05) is 33.4 Å². The van der Waals surface area contributed by atoms with Crippen LogP contribution in [0.2, 0.25) is 0 Å². The smallest absolute Gasteiger partial charge is 0.0795 e. The van der Waals surface area contributed by atoms with Gasteiger partial charge in [-0.05, 0) is 26.3 Å². The van der Waals surface area contributed by atoms with Crippen molar-refractivity contribution in [1.29, 1.82) is 0 Å². The van der Waals surface area contributed by atoms with Gasteiger partial charge in [-0.3, -0.25) is 4.90 Å². The maximum absolute atomic E-state index is 5.22. The van der Waals surface area contributed by atoms with Crippen LogP contribution in [0.1, 0.15) is 31.5 Å². The molecule has 2 unspecified atom stereocenters. The van der Waals surface area contributed by atoms with Crippen LogP contribution in [0.4, 0.5) is 0 Å². The predicted octanol–water partition coefficient (Wildman–Crippen LogP) is 1.90. The first-order chi connectivity index (χ1) is 8.81. The van der Waals surface area contributed by atoms with Crippen molar-refractivity contribution in [3.63, 3.8) is 0 Å². The van der Waals surface area contributed by atoms with E-state index in [1.54, 1.807) is 18.4 Å². The molecule has 0 amide bonds. The third-order valence-electron chi connectivity index (χ3n) is 3.63. The molecule has 2 atom stereocenters. The molecule has 5 heteroatoms. The number of aromatic nitrogens is 1. The highest BCUT2D eigenvalue weighted by Crippen LogP contribution is 2.21. The van der Waals surface area contributed by atoms with Gasteiger partial charge in [-0.2, -0.15) is 0 Å². The summed E-state index contributed by atoms with van der Waals surface area (Å²) >= 11 is 1.67. The minimum absolute atomic E-state index is 0.369. The molecule has 0 aliphatic carbocycles. The third kappa shape index (κ3) is 3.75. The van der Waals surface area contributed by atoms with Gasteiger partial charge in [-0.25, -0.2) is 4.98 Å². The fourth-order valence-corrected chi connectivity index (χ4v) is 3.10. The molecule has 4 nitrogen and oxygen atoms in total. The van der Waals surface area contributed by atoms with Crippen molar-refractivity contribution < 1.29 is 4.74 Å². The summed E-state index contributed by atoms with van der Waals surface area (Å²) in [5.41, 5.74) is 3.09. The minimum atomic E-state index is 0.369. The van der Waals surface area contributed by atoms with Crippen molar-refractivity contribution in [3.05, 3.63) is 16.6 Å². The molecule has 102 valence electrons. The molecule has 18 heavy (non-hydrogen) atoms. The van der Waals surface area contributed by atoms with Gasteiger partial charge in [0.25, 0.3) is 0 Å². The number of hydrogen-bond donors (Lipinski definition) is 1. The maximum atomic E-state index is 5.22. The van der Waals surface area contributed by atoms with Gasteiger partial charge in [0.2, 0.25) is 0 Å². The molecule has 1 saturated heterocycles. The van der Waals surface area contributed by atoms with Gasteiger partial charge in [0.05, 0.1) is 23.9 Å². The molecule has 0 radical (unpaired) electrons. The lowest BCUT2D eigenvalue weighted by molar-refractivity contribution is 0.116. The SMILES string of the molecule is COCCN(CC1CCCN1)C(C)c1cscn1. The summed E-state index contributed by atoms with van der Waals surface area (Å²) in [7, 11) is 1.76. The average molecular weight is 269 g/mol. The van der Waals surface area contributed by atoms with E-state index in [4.69, 9.17) is 4.74 Å². The molecule has 0 spiro atoms. The fourth-order valence-electron chi connectivity index (χ4n) is 2.46. The highest BCUT2D eigenvalue weighted by atomic mass is 32.1. The van der Waals surface area contributed by atoms with Crippen LogP contribution in [0.5, 0.6) is 0 Å². The molecule has 1 aromatic heterocycles. The zero-order chi connectivity index (χ0) is 12.8. The Morgan fingerprint density at radius 2 is 2.56 bits per heavy atom. The van der Waals surface area contributed by atoms with Crippen LogP contribution in [0.25, 0.3) is 0 Å². The second-order valence-corrected chi connectivity index (χ2v) is 5.59. The lowest BCUT2D eigenvalue weighted by Gasteiger charge is -2.30. The third-order valence-corrected chi connectivity index (χ3v) is 4.23. The molecule has 1 aliphatic rings. The second-order valence-electron chi connectivity index (χ2n) is 4.87. The van der Waals surface area contributed by atoms with Gasteiger partial charge in [0, 0.05) is 31.6 Å². The first kappa shape index (κ1) is 13.9. The topological polar surface area (TPSA) is 37.4 Å². The summed E-state index contributed by atoms with van der Waals surface area (Å²) < 4.78 is 5.22. The molecule has 2 rings (SSSR count). The van der Waals surface area contributed by atoms with E-state index in [0.29, 0.717) is 12.1 Å². The molecule has 1 aliphatic heterocycles. The molecule has 0 bridgehead atoms. The standard InChI is InChI=1S/C13H23N3OS/c1-11(13-9-18-10-15-13)16(6-7-17-2)8-12-4-3-5-14-12/h9-12,14H,3-8H2,1-2H3. The van der Waals surface area contributed by atoms with Crippen molar-refractivity contribution in [2.45, 2.75) is 31.8 Å². The van der Waals surface area contributed by atoms with Crippen LogP contribution in [-0.2, 0) is 4.74 Å². The first-order valence-corrected chi connectivity index (χ1v) is 7.60. The van der Waals surface area contributed by atoms with Crippen LogP contribution in [0, 0.1) is 0 Å². The summed E-state index contributed by atoms with van der Waals surface area (Å²) in [6.07, 6.45) is 2.58. The average Bonchev–Trinajstić information content (AvgIpc) is 3.06. The Kier molecular flexibility index (Phi) is 5.56. The summed E-state index contributed by atoms with van der Waals surface area (Å²) in [5, 5.41) is 5.71. The van der Waals surface area contributed by atoms with E-state index in [2.05, 4.69) is 27.5 Å². The quantitative estimate of drug-likeness (QED) is 0.820. The maximum Gasteiger partial charge on any atom is 0.0795 e. The largest absolute Gasteiger partial charge is 0.383 e. The molecule has 1 aromatic rings. The lowest BCUT2D eigenvalue weighted by Crippen LogP contribution is -2.40. The van der Waals surface area contributed by atoms with Crippen molar-refractivity contribution in [3.8, 4) is 0 Å². The van der Waals surface area contributed by atoms with Gasteiger partial charge in [-0.15, -0.1) is 11.3 Å². The minimum Gasteiger partial charge on any atom is -0.383 e. The van der Waals surface area contributed by atoms with E-state index in [-0.39, 0.29) is 0 Å². The molecular weight excluding hydrogens is 246 g/mol. The lowest BCUT2D eigenvalue weighted by atomic mass is 10.1. The van der Waals surface area contributed by atoms with Crippen LogP contribution >= 0.6 is 11.3 Å². The number of rotatable bonds is 7. The Hall–Kier alpha value is -0.490.